The van der Waals surface area contributed by atoms with Crippen LogP contribution in [-0.4, -0.2) is 11.2 Å². The maximum atomic E-state index is 9.29. The number of fused-ring (bicyclic) bond motifs is 1. The summed E-state index contributed by atoms with van der Waals surface area (Å²) in [6.45, 7) is 3.73. The topological polar surface area (TPSA) is 20.2 Å². The molecule has 0 bridgehead atoms. The summed E-state index contributed by atoms with van der Waals surface area (Å²) in [5, 5.41) is 9.29. The molecule has 9 heavy (non-hydrogen) atoms. The highest BCUT2D eigenvalue weighted by Gasteiger charge is 2.55. The van der Waals surface area contributed by atoms with Crippen molar-refractivity contribution in [3.63, 3.8) is 0 Å². The monoisotopic (exact) mass is 124 g/mol. The maximum Gasteiger partial charge on any atom is 0.0577 e. The van der Waals surface area contributed by atoms with Crippen LogP contribution in [0.25, 0.3) is 0 Å². The van der Waals surface area contributed by atoms with Crippen LogP contribution in [0.2, 0.25) is 0 Å². The molecule has 0 amide bonds. The summed E-state index contributed by atoms with van der Waals surface area (Å²) in [6.07, 6.45) is 4.25. The Morgan fingerprint density at radius 2 is 2.22 bits per heavy atom. The molecular formula is C8H12O. The van der Waals surface area contributed by atoms with Crippen molar-refractivity contribution in [2.24, 2.45) is 17.8 Å². The molecule has 50 valence electrons. The van der Waals surface area contributed by atoms with E-state index in [0.717, 1.165) is 12.3 Å². The third kappa shape index (κ3) is 0.584. The highest BCUT2D eigenvalue weighted by Crippen LogP contribution is 2.57. The van der Waals surface area contributed by atoms with Gasteiger partial charge in [-0.05, 0) is 30.6 Å². The zero-order valence-electron chi connectivity index (χ0n) is 5.46. The van der Waals surface area contributed by atoms with E-state index in [1.165, 1.54) is 6.42 Å². The fourth-order valence-corrected chi connectivity index (χ4v) is 2.24. The van der Waals surface area contributed by atoms with Crippen molar-refractivity contribution in [3.05, 3.63) is 12.7 Å². The van der Waals surface area contributed by atoms with Crippen LogP contribution >= 0.6 is 0 Å². The van der Waals surface area contributed by atoms with E-state index in [9.17, 15) is 5.11 Å². The first-order chi connectivity index (χ1) is 4.34. The Hall–Kier alpha value is -0.300. The molecule has 1 nitrogen and oxygen atoms in total. The minimum atomic E-state index is -0.00185. The Morgan fingerprint density at radius 3 is 2.56 bits per heavy atom. The van der Waals surface area contributed by atoms with E-state index >= 15 is 0 Å². The van der Waals surface area contributed by atoms with Crippen molar-refractivity contribution in [1.29, 1.82) is 0 Å². The molecule has 0 radical (unpaired) electrons. The fraction of sp³-hybridized carbons (Fsp3) is 0.750. The SMILES string of the molecule is C=C[C@H]1[C@@H]2CC[C@@H](O)[C@H]12. The quantitative estimate of drug-likeness (QED) is 0.520. The third-order valence-electron chi connectivity index (χ3n) is 2.80. The van der Waals surface area contributed by atoms with E-state index in [2.05, 4.69) is 6.58 Å². The highest BCUT2D eigenvalue weighted by molar-refractivity contribution is 5.12. The molecule has 1 N–H and O–H groups in total. The number of hydrogen-bond donors (Lipinski definition) is 1. The van der Waals surface area contributed by atoms with Gasteiger partial charge in [0.2, 0.25) is 0 Å². The van der Waals surface area contributed by atoms with Crippen molar-refractivity contribution < 1.29 is 5.11 Å². The Morgan fingerprint density at radius 1 is 1.44 bits per heavy atom. The van der Waals surface area contributed by atoms with Crippen LogP contribution in [0.1, 0.15) is 12.8 Å². The van der Waals surface area contributed by atoms with E-state index in [0.29, 0.717) is 11.8 Å². The molecule has 0 unspecified atom stereocenters. The zero-order valence-corrected chi connectivity index (χ0v) is 5.46. The van der Waals surface area contributed by atoms with E-state index in [-0.39, 0.29) is 6.10 Å². The van der Waals surface area contributed by atoms with Gasteiger partial charge in [0.05, 0.1) is 6.10 Å². The molecule has 0 aromatic carbocycles. The van der Waals surface area contributed by atoms with E-state index in [1.807, 2.05) is 6.08 Å². The fourth-order valence-electron chi connectivity index (χ4n) is 2.24. The number of aliphatic hydroxyl groups excluding tert-OH is 1. The van der Waals surface area contributed by atoms with Crippen molar-refractivity contribution in [3.8, 4) is 0 Å². The van der Waals surface area contributed by atoms with Crippen LogP contribution in [0.15, 0.2) is 12.7 Å². The van der Waals surface area contributed by atoms with Crippen molar-refractivity contribution in [2.45, 2.75) is 18.9 Å². The average Bonchev–Trinajstić information content (AvgIpc) is 2.46. The molecule has 4 atom stereocenters. The first-order valence-corrected chi connectivity index (χ1v) is 3.65. The van der Waals surface area contributed by atoms with Crippen LogP contribution in [-0.2, 0) is 0 Å². The molecule has 0 aromatic rings. The lowest BCUT2D eigenvalue weighted by molar-refractivity contribution is 0.154. The Bertz CT molecular complexity index is 142. The van der Waals surface area contributed by atoms with Crippen LogP contribution < -0.4 is 0 Å². The molecular weight excluding hydrogens is 112 g/mol. The average molecular weight is 124 g/mol. The largest absolute Gasteiger partial charge is 0.393 e. The van der Waals surface area contributed by atoms with Gasteiger partial charge in [0.15, 0.2) is 0 Å². The van der Waals surface area contributed by atoms with E-state index < -0.39 is 0 Å². The molecule has 0 aliphatic heterocycles. The Kier molecular flexibility index (Phi) is 0.974. The number of hydrogen-bond acceptors (Lipinski definition) is 1. The van der Waals surface area contributed by atoms with Crippen LogP contribution in [0.5, 0.6) is 0 Å². The molecule has 2 fully saturated rings. The predicted molar refractivity (Wildman–Crippen MR) is 35.9 cm³/mol. The van der Waals surface area contributed by atoms with E-state index in [1.54, 1.807) is 0 Å². The van der Waals surface area contributed by atoms with Crippen molar-refractivity contribution in [1.82, 2.24) is 0 Å². The second kappa shape index (κ2) is 1.60. The van der Waals surface area contributed by atoms with Gasteiger partial charge in [0.1, 0.15) is 0 Å². The summed E-state index contributed by atoms with van der Waals surface area (Å²) in [5.41, 5.74) is 0. The van der Waals surface area contributed by atoms with Crippen LogP contribution in [0.4, 0.5) is 0 Å². The normalized spacial score (nSPS) is 54.8. The van der Waals surface area contributed by atoms with E-state index in [4.69, 9.17) is 0 Å². The molecule has 2 aliphatic rings. The first-order valence-electron chi connectivity index (χ1n) is 3.65. The van der Waals surface area contributed by atoms with Gasteiger partial charge in [-0.1, -0.05) is 6.08 Å². The second-order valence-electron chi connectivity index (χ2n) is 3.20. The van der Waals surface area contributed by atoms with Gasteiger partial charge in [-0.25, -0.2) is 0 Å². The summed E-state index contributed by atoms with van der Waals surface area (Å²) in [7, 11) is 0. The lowest BCUT2D eigenvalue weighted by Gasteiger charge is -2.02. The van der Waals surface area contributed by atoms with Gasteiger partial charge in [0.25, 0.3) is 0 Å². The highest BCUT2D eigenvalue weighted by atomic mass is 16.3. The number of rotatable bonds is 1. The van der Waals surface area contributed by atoms with Crippen LogP contribution in [0.3, 0.4) is 0 Å². The smallest absolute Gasteiger partial charge is 0.0577 e. The standard InChI is InChI=1S/C8H12O/c1-2-5-6-3-4-7(9)8(5)6/h2,5-9H,1,3-4H2/t5-,6-,7+,8+/m0/s1. The first kappa shape index (κ1) is 5.48. The van der Waals surface area contributed by atoms with Gasteiger partial charge in [0, 0.05) is 0 Å². The lowest BCUT2D eigenvalue weighted by Crippen LogP contribution is -2.05. The van der Waals surface area contributed by atoms with Gasteiger partial charge in [-0.15, -0.1) is 6.58 Å². The molecule has 0 aromatic heterocycles. The summed E-state index contributed by atoms with van der Waals surface area (Å²) < 4.78 is 0. The summed E-state index contributed by atoms with van der Waals surface area (Å²) in [6, 6.07) is 0. The second-order valence-corrected chi connectivity index (χ2v) is 3.20. The molecule has 2 rings (SSSR count). The summed E-state index contributed by atoms with van der Waals surface area (Å²) in [4.78, 5) is 0. The van der Waals surface area contributed by atoms with Crippen molar-refractivity contribution in [2.75, 3.05) is 0 Å². The Labute approximate surface area is 55.4 Å². The third-order valence-corrected chi connectivity index (χ3v) is 2.80. The zero-order chi connectivity index (χ0) is 6.43. The summed E-state index contributed by atoms with van der Waals surface area (Å²) in [5.74, 6) is 2.06. The minimum Gasteiger partial charge on any atom is -0.393 e. The number of allylic oxidation sites excluding steroid dienone is 1. The van der Waals surface area contributed by atoms with Gasteiger partial charge in [-0.3, -0.25) is 0 Å². The van der Waals surface area contributed by atoms with Gasteiger partial charge >= 0.3 is 0 Å². The van der Waals surface area contributed by atoms with Crippen molar-refractivity contribution >= 4 is 0 Å². The van der Waals surface area contributed by atoms with Gasteiger partial charge < -0.3 is 5.11 Å². The molecule has 1 heteroatoms. The van der Waals surface area contributed by atoms with Gasteiger partial charge in [-0.2, -0.15) is 0 Å². The molecule has 2 saturated carbocycles. The lowest BCUT2D eigenvalue weighted by atomic mass is 10.1. The summed E-state index contributed by atoms with van der Waals surface area (Å²) >= 11 is 0. The molecule has 0 spiro atoms. The Balaban J connectivity index is 2.05. The predicted octanol–water partition coefficient (Wildman–Crippen LogP) is 1.19. The minimum absolute atomic E-state index is 0.00185. The molecule has 0 heterocycles. The number of aliphatic hydroxyl groups is 1. The maximum absolute atomic E-state index is 9.29. The van der Waals surface area contributed by atoms with Crippen LogP contribution in [0, 0.1) is 17.8 Å². The molecule has 0 saturated heterocycles. The molecule has 2 aliphatic carbocycles.